The third-order valence-electron chi connectivity index (χ3n) is 1.78. The number of nitrogens with one attached hydrogen (secondary N) is 1. The van der Waals surface area contributed by atoms with Crippen molar-refractivity contribution in [3.8, 4) is 0 Å². The molecule has 0 aromatic heterocycles. The Balaban J connectivity index is 1.89. The highest BCUT2D eigenvalue weighted by molar-refractivity contribution is 4.75. The van der Waals surface area contributed by atoms with Crippen molar-refractivity contribution in [2.45, 2.75) is 19.9 Å². The maximum atomic E-state index is 5.27. The summed E-state index contributed by atoms with van der Waals surface area (Å²) in [6.45, 7) is 7.36. The minimum absolute atomic E-state index is 0.424. The Hall–Kier alpha value is -0.120. The summed E-state index contributed by atoms with van der Waals surface area (Å²) in [6, 6.07) is 0.424. The van der Waals surface area contributed by atoms with Gasteiger partial charge in [-0.25, -0.2) is 5.48 Å². The molecule has 3 heteroatoms. The van der Waals surface area contributed by atoms with Crippen LogP contribution in [0.1, 0.15) is 13.8 Å². The van der Waals surface area contributed by atoms with Crippen LogP contribution in [0.15, 0.2) is 0 Å². The lowest BCUT2D eigenvalue weighted by atomic mass is 10.0. The molecule has 0 aromatic carbocycles. The molecular weight excluding hydrogens is 140 g/mol. The molecule has 1 aliphatic rings. The van der Waals surface area contributed by atoms with Gasteiger partial charge in [-0.1, -0.05) is 0 Å². The van der Waals surface area contributed by atoms with Crippen molar-refractivity contribution < 1.29 is 4.84 Å². The molecule has 0 spiro atoms. The Kier molecular flexibility index (Phi) is 3.30. The van der Waals surface area contributed by atoms with Crippen LogP contribution in [-0.4, -0.2) is 37.7 Å². The molecule has 1 rings (SSSR count). The zero-order valence-electron chi connectivity index (χ0n) is 7.63. The Morgan fingerprint density at radius 1 is 1.55 bits per heavy atom. The van der Waals surface area contributed by atoms with Gasteiger partial charge in [-0.15, -0.1) is 0 Å². The van der Waals surface area contributed by atoms with E-state index in [4.69, 9.17) is 4.84 Å². The van der Waals surface area contributed by atoms with Crippen LogP contribution in [0, 0.1) is 5.92 Å². The number of hydrogen-bond acceptors (Lipinski definition) is 3. The highest BCUT2D eigenvalue weighted by Gasteiger charge is 2.22. The SMILES string of the molecule is CC(C)NOCC1CN(C)C1. The van der Waals surface area contributed by atoms with Crippen LogP contribution in [0.5, 0.6) is 0 Å². The van der Waals surface area contributed by atoms with Crippen LogP contribution in [0.25, 0.3) is 0 Å². The van der Waals surface area contributed by atoms with Crippen LogP contribution in [-0.2, 0) is 4.84 Å². The fourth-order valence-electron chi connectivity index (χ4n) is 1.27. The van der Waals surface area contributed by atoms with Gasteiger partial charge in [0.2, 0.25) is 0 Å². The number of hydroxylamine groups is 1. The molecule has 1 fully saturated rings. The molecule has 0 aliphatic carbocycles. The summed E-state index contributed by atoms with van der Waals surface area (Å²) in [7, 11) is 2.13. The van der Waals surface area contributed by atoms with E-state index in [0.29, 0.717) is 6.04 Å². The molecule has 1 N–H and O–H groups in total. The molecule has 0 bridgehead atoms. The first-order valence-corrected chi connectivity index (χ1v) is 4.24. The highest BCUT2D eigenvalue weighted by atomic mass is 16.6. The van der Waals surface area contributed by atoms with E-state index in [1.54, 1.807) is 0 Å². The maximum absolute atomic E-state index is 5.27. The van der Waals surface area contributed by atoms with Crippen molar-refractivity contribution >= 4 is 0 Å². The smallest absolute Gasteiger partial charge is 0.0734 e. The number of rotatable bonds is 4. The Morgan fingerprint density at radius 3 is 2.64 bits per heavy atom. The number of nitrogens with zero attached hydrogens (tertiary/aromatic N) is 1. The van der Waals surface area contributed by atoms with Crippen LogP contribution >= 0.6 is 0 Å². The first-order valence-electron chi connectivity index (χ1n) is 4.24. The third-order valence-corrected chi connectivity index (χ3v) is 1.78. The predicted octanol–water partition coefficient (Wildman–Crippen LogP) is 0.478. The third kappa shape index (κ3) is 3.18. The first kappa shape index (κ1) is 8.97. The van der Waals surface area contributed by atoms with Gasteiger partial charge < -0.3 is 9.74 Å². The number of likely N-dealkylation sites (tertiary alicyclic amines) is 1. The van der Waals surface area contributed by atoms with Crippen LogP contribution in [0.3, 0.4) is 0 Å². The van der Waals surface area contributed by atoms with Gasteiger partial charge in [0.15, 0.2) is 0 Å². The average molecular weight is 158 g/mol. The number of hydrogen-bond donors (Lipinski definition) is 1. The molecule has 0 amide bonds. The molecule has 1 heterocycles. The largest absolute Gasteiger partial charge is 0.306 e. The normalized spacial score (nSPS) is 20.7. The zero-order chi connectivity index (χ0) is 8.27. The summed E-state index contributed by atoms with van der Waals surface area (Å²) in [5.74, 6) is 0.742. The fourth-order valence-corrected chi connectivity index (χ4v) is 1.27. The summed E-state index contributed by atoms with van der Waals surface area (Å²) in [4.78, 5) is 7.57. The Labute approximate surface area is 68.7 Å². The summed E-state index contributed by atoms with van der Waals surface area (Å²) in [5.41, 5.74) is 2.94. The molecule has 11 heavy (non-hydrogen) atoms. The quantitative estimate of drug-likeness (QED) is 0.602. The molecule has 0 radical (unpaired) electrons. The van der Waals surface area contributed by atoms with Crippen LogP contribution in [0.4, 0.5) is 0 Å². The minimum Gasteiger partial charge on any atom is -0.306 e. The maximum Gasteiger partial charge on any atom is 0.0734 e. The average Bonchev–Trinajstić information content (AvgIpc) is 1.83. The van der Waals surface area contributed by atoms with E-state index >= 15 is 0 Å². The second-order valence-electron chi connectivity index (χ2n) is 3.67. The first-order chi connectivity index (χ1) is 5.18. The van der Waals surface area contributed by atoms with Gasteiger partial charge in [0, 0.05) is 25.0 Å². The molecule has 1 aliphatic heterocycles. The van der Waals surface area contributed by atoms with E-state index in [1.807, 2.05) is 0 Å². The standard InChI is InChI=1S/C8H18N2O/c1-7(2)9-11-6-8-4-10(3)5-8/h7-9H,4-6H2,1-3H3. The molecular formula is C8H18N2O. The summed E-state index contributed by atoms with van der Waals surface area (Å²) in [5, 5.41) is 0. The molecule has 0 saturated carbocycles. The predicted molar refractivity (Wildman–Crippen MR) is 45.2 cm³/mol. The van der Waals surface area contributed by atoms with Crippen molar-refractivity contribution in [1.82, 2.24) is 10.4 Å². The van der Waals surface area contributed by atoms with Gasteiger partial charge in [-0.2, -0.15) is 0 Å². The fraction of sp³-hybridized carbons (Fsp3) is 1.00. The zero-order valence-corrected chi connectivity index (χ0v) is 7.63. The highest BCUT2D eigenvalue weighted by Crippen LogP contribution is 2.11. The van der Waals surface area contributed by atoms with E-state index in [9.17, 15) is 0 Å². The van der Waals surface area contributed by atoms with Gasteiger partial charge >= 0.3 is 0 Å². The van der Waals surface area contributed by atoms with Crippen molar-refractivity contribution in [3.63, 3.8) is 0 Å². The lowest BCUT2D eigenvalue weighted by Gasteiger charge is -2.35. The molecule has 0 aromatic rings. The lowest BCUT2D eigenvalue weighted by Crippen LogP contribution is -2.46. The van der Waals surface area contributed by atoms with Crippen molar-refractivity contribution in [3.05, 3.63) is 0 Å². The van der Waals surface area contributed by atoms with E-state index in [0.717, 1.165) is 12.5 Å². The second-order valence-corrected chi connectivity index (χ2v) is 3.67. The molecule has 66 valence electrons. The topological polar surface area (TPSA) is 24.5 Å². The van der Waals surface area contributed by atoms with Crippen molar-refractivity contribution in [2.75, 3.05) is 26.7 Å². The molecule has 1 saturated heterocycles. The molecule has 0 atom stereocenters. The van der Waals surface area contributed by atoms with Gasteiger partial charge in [0.1, 0.15) is 0 Å². The van der Waals surface area contributed by atoms with Crippen molar-refractivity contribution in [2.24, 2.45) is 5.92 Å². The van der Waals surface area contributed by atoms with Crippen LogP contribution < -0.4 is 5.48 Å². The second kappa shape index (κ2) is 4.04. The summed E-state index contributed by atoms with van der Waals surface area (Å²) in [6.07, 6.45) is 0. The monoisotopic (exact) mass is 158 g/mol. The van der Waals surface area contributed by atoms with E-state index in [2.05, 4.69) is 31.3 Å². The van der Waals surface area contributed by atoms with Crippen LogP contribution in [0.2, 0.25) is 0 Å². The van der Waals surface area contributed by atoms with E-state index in [-0.39, 0.29) is 0 Å². The molecule has 3 nitrogen and oxygen atoms in total. The van der Waals surface area contributed by atoms with E-state index in [1.165, 1.54) is 13.1 Å². The van der Waals surface area contributed by atoms with Crippen molar-refractivity contribution in [1.29, 1.82) is 0 Å². The summed E-state index contributed by atoms with van der Waals surface area (Å²) >= 11 is 0. The van der Waals surface area contributed by atoms with E-state index < -0.39 is 0 Å². The van der Waals surface area contributed by atoms with Gasteiger partial charge in [-0.3, -0.25) is 0 Å². The van der Waals surface area contributed by atoms with Gasteiger partial charge in [-0.05, 0) is 20.9 Å². The van der Waals surface area contributed by atoms with Gasteiger partial charge in [0.25, 0.3) is 0 Å². The Bertz CT molecular complexity index is 111. The lowest BCUT2D eigenvalue weighted by molar-refractivity contribution is -0.0334. The Morgan fingerprint density at radius 2 is 2.18 bits per heavy atom. The molecule has 0 unspecified atom stereocenters. The minimum atomic E-state index is 0.424. The van der Waals surface area contributed by atoms with Gasteiger partial charge in [0.05, 0.1) is 6.61 Å². The summed E-state index contributed by atoms with van der Waals surface area (Å²) < 4.78 is 0.